The number of aliphatic hydroxyl groups excluding tert-OH is 1. The SMILES string of the molecule is OC(Cc1ccccc1Cl)c1cc2ccccc2o1. The molecule has 2 nitrogen and oxygen atoms in total. The van der Waals surface area contributed by atoms with Gasteiger partial charge in [0.2, 0.25) is 0 Å². The number of fused-ring (bicyclic) bond motifs is 1. The number of aliphatic hydroxyl groups is 1. The highest BCUT2D eigenvalue weighted by atomic mass is 35.5. The smallest absolute Gasteiger partial charge is 0.134 e. The first kappa shape index (κ1) is 12.3. The van der Waals surface area contributed by atoms with E-state index >= 15 is 0 Å². The molecule has 0 saturated carbocycles. The molecular formula is C16H13ClO2. The fraction of sp³-hybridized carbons (Fsp3) is 0.125. The summed E-state index contributed by atoms with van der Waals surface area (Å²) < 4.78 is 5.65. The number of furan rings is 1. The van der Waals surface area contributed by atoms with E-state index in [4.69, 9.17) is 16.0 Å². The molecule has 1 N–H and O–H groups in total. The van der Waals surface area contributed by atoms with E-state index in [1.807, 2.05) is 54.6 Å². The second kappa shape index (κ2) is 5.08. The zero-order valence-corrected chi connectivity index (χ0v) is 11.0. The van der Waals surface area contributed by atoms with Crippen LogP contribution in [0.4, 0.5) is 0 Å². The van der Waals surface area contributed by atoms with E-state index in [9.17, 15) is 5.11 Å². The third-order valence-corrected chi connectivity index (χ3v) is 3.51. The predicted molar refractivity (Wildman–Crippen MR) is 76.3 cm³/mol. The van der Waals surface area contributed by atoms with Gasteiger partial charge in [0, 0.05) is 16.8 Å². The van der Waals surface area contributed by atoms with Gasteiger partial charge in [-0.05, 0) is 23.8 Å². The Morgan fingerprint density at radius 1 is 1.05 bits per heavy atom. The molecule has 1 atom stereocenters. The number of benzene rings is 2. The van der Waals surface area contributed by atoms with Gasteiger partial charge in [-0.25, -0.2) is 0 Å². The number of hydrogen-bond acceptors (Lipinski definition) is 2. The Hall–Kier alpha value is -1.77. The van der Waals surface area contributed by atoms with Gasteiger partial charge in [0.25, 0.3) is 0 Å². The lowest BCUT2D eigenvalue weighted by molar-refractivity contribution is 0.152. The van der Waals surface area contributed by atoms with Crippen LogP contribution in [0.25, 0.3) is 11.0 Å². The first-order valence-corrected chi connectivity index (χ1v) is 6.52. The molecule has 3 rings (SSSR count). The van der Waals surface area contributed by atoms with Crippen molar-refractivity contribution in [2.45, 2.75) is 12.5 Å². The molecule has 0 bridgehead atoms. The third-order valence-electron chi connectivity index (χ3n) is 3.14. The summed E-state index contributed by atoms with van der Waals surface area (Å²) in [7, 11) is 0. The van der Waals surface area contributed by atoms with Crippen LogP contribution >= 0.6 is 11.6 Å². The molecule has 2 aromatic carbocycles. The maximum absolute atomic E-state index is 10.2. The number of rotatable bonds is 3. The summed E-state index contributed by atoms with van der Waals surface area (Å²) in [5.74, 6) is 0.570. The van der Waals surface area contributed by atoms with Crippen molar-refractivity contribution < 1.29 is 9.52 Å². The molecular weight excluding hydrogens is 260 g/mol. The Kier molecular flexibility index (Phi) is 3.28. The Balaban J connectivity index is 1.87. The van der Waals surface area contributed by atoms with Crippen LogP contribution in [-0.4, -0.2) is 5.11 Å². The molecule has 0 aliphatic carbocycles. The lowest BCUT2D eigenvalue weighted by Crippen LogP contribution is -2.00. The minimum Gasteiger partial charge on any atom is -0.458 e. The highest BCUT2D eigenvalue weighted by Crippen LogP contribution is 2.27. The van der Waals surface area contributed by atoms with E-state index in [0.29, 0.717) is 17.2 Å². The molecule has 3 aromatic rings. The molecule has 3 heteroatoms. The summed E-state index contributed by atoms with van der Waals surface area (Å²) in [6.45, 7) is 0. The highest BCUT2D eigenvalue weighted by Gasteiger charge is 2.15. The van der Waals surface area contributed by atoms with Gasteiger partial charge in [-0.3, -0.25) is 0 Å². The van der Waals surface area contributed by atoms with Crippen LogP contribution in [0.15, 0.2) is 59.0 Å². The fourth-order valence-electron chi connectivity index (χ4n) is 2.14. The monoisotopic (exact) mass is 272 g/mol. The van der Waals surface area contributed by atoms with E-state index in [1.165, 1.54) is 0 Å². The standard InChI is InChI=1S/C16H13ClO2/c17-13-7-3-1-5-11(13)9-14(18)16-10-12-6-2-4-8-15(12)19-16/h1-8,10,14,18H,9H2. The first-order chi connectivity index (χ1) is 9.24. The largest absolute Gasteiger partial charge is 0.458 e. The van der Waals surface area contributed by atoms with Gasteiger partial charge in [-0.2, -0.15) is 0 Å². The normalized spacial score (nSPS) is 12.7. The number of halogens is 1. The van der Waals surface area contributed by atoms with E-state index in [1.54, 1.807) is 0 Å². The van der Waals surface area contributed by atoms with Gasteiger partial charge in [0.15, 0.2) is 0 Å². The van der Waals surface area contributed by atoms with Crippen molar-refractivity contribution in [1.29, 1.82) is 0 Å². The van der Waals surface area contributed by atoms with Crippen LogP contribution in [0.5, 0.6) is 0 Å². The number of hydrogen-bond donors (Lipinski definition) is 1. The lowest BCUT2D eigenvalue weighted by Gasteiger charge is -2.08. The highest BCUT2D eigenvalue weighted by molar-refractivity contribution is 6.31. The van der Waals surface area contributed by atoms with Crippen LogP contribution in [0.3, 0.4) is 0 Å². The van der Waals surface area contributed by atoms with Crippen LogP contribution in [-0.2, 0) is 6.42 Å². The molecule has 0 spiro atoms. The van der Waals surface area contributed by atoms with Crippen LogP contribution in [0.2, 0.25) is 5.02 Å². The summed E-state index contributed by atoms with van der Waals surface area (Å²) in [4.78, 5) is 0. The average Bonchev–Trinajstić information content (AvgIpc) is 2.85. The zero-order valence-electron chi connectivity index (χ0n) is 10.2. The molecule has 0 amide bonds. The number of para-hydroxylation sites is 1. The van der Waals surface area contributed by atoms with Crippen LogP contribution in [0, 0.1) is 0 Å². The fourth-order valence-corrected chi connectivity index (χ4v) is 2.35. The van der Waals surface area contributed by atoms with E-state index in [2.05, 4.69) is 0 Å². The van der Waals surface area contributed by atoms with Crippen molar-refractivity contribution in [2.24, 2.45) is 0 Å². The molecule has 0 fully saturated rings. The molecule has 0 radical (unpaired) electrons. The van der Waals surface area contributed by atoms with Gasteiger partial charge in [0.05, 0.1) is 0 Å². The van der Waals surface area contributed by atoms with Gasteiger partial charge >= 0.3 is 0 Å². The molecule has 19 heavy (non-hydrogen) atoms. The van der Waals surface area contributed by atoms with Crippen molar-refractivity contribution >= 4 is 22.6 Å². The van der Waals surface area contributed by atoms with E-state index < -0.39 is 6.10 Å². The van der Waals surface area contributed by atoms with Crippen molar-refractivity contribution in [1.82, 2.24) is 0 Å². The van der Waals surface area contributed by atoms with Gasteiger partial charge < -0.3 is 9.52 Å². The van der Waals surface area contributed by atoms with E-state index in [-0.39, 0.29) is 0 Å². The minimum atomic E-state index is -0.688. The molecule has 1 aromatic heterocycles. The molecule has 1 unspecified atom stereocenters. The van der Waals surface area contributed by atoms with Crippen LogP contribution in [0.1, 0.15) is 17.4 Å². The van der Waals surface area contributed by atoms with Crippen molar-refractivity contribution in [3.05, 3.63) is 70.9 Å². The Bertz CT molecular complexity index is 670. The quantitative estimate of drug-likeness (QED) is 0.768. The van der Waals surface area contributed by atoms with Crippen molar-refractivity contribution in [3.63, 3.8) is 0 Å². The lowest BCUT2D eigenvalue weighted by atomic mass is 10.1. The summed E-state index contributed by atoms with van der Waals surface area (Å²) in [5, 5.41) is 11.9. The molecule has 96 valence electrons. The summed E-state index contributed by atoms with van der Waals surface area (Å²) in [6, 6.07) is 17.1. The molecule has 0 aliphatic rings. The maximum atomic E-state index is 10.2. The minimum absolute atomic E-state index is 0.444. The van der Waals surface area contributed by atoms with Crippen LogP contribution < -0.4 is 0 Å². The second-order valence-electron chi connectivity index (χ2n) is 4.50. The Morgan fingerprint density at radius 2 is 1.79 bits per heavy atom. The van der Waals surface area contributed by atoms with E-state index in [0.717, 1.165) is 16.5 Å². The predicted octanol–water partition coefficient (Wildman–Crippen LogP) is 4.36. The molecule has 1 heterocycles. The van der Waals surface area contributed by atoms with Crippen molar-refractivity contribution in [3.8, 4) is 0 Å². The third kappa shape index (κ3) is 2.50. The maximum Gasteiger partial charge on any atom is 0.134 e. The molecule has 0 saturated heterocycles. The molecule has 0 aliphatic heterocycles. The summed E-state index contributed by atoms with van der Waals surface area (Å²) in [6.07, 6.45) is -0.244. The first-order valence-electron chi connectivity index (χ1n) is 6.14. The second-order valence-corrected chi connectivity index (χ2v) is 4.91. The van der Waals surface area contributed by atoms with Crippen molar-refractivity contribution in [2.75, 3.05) is 0 Å². The average molecular weight is 273 g/mol. The van der Waals surface area contributed by atoms with Gasteiger partial charge in [0.1, 0.15) is 17.4 Å². The Morgan fingerprint density at radius 3 is 2.58 bits per heavy atom. The zero-order chi connectivity index (χ0) is 13.2. The Labute approximate surface area is 116 Å². The topological polar surface area (TPSA) is 33.4 Å². The van der Waals surface area contributed by atoms with Gasteiger partial charge in [-0.15, -0.1) is 0 Å². The summed E-state index contributed by atoms with van der Waals surface area (Å²) >= 11 is 6.09. The van der Waals surface area contributed by atoms with Gasteiger partial charge in [-0.1, -0.05) is 48.0 Å². The summed E-state index contributed by atoms with van der Waals surface area (Å²) in [5.41, 5.74) is 1.70.